The molecule has 0 atom stereocenters. The topological polar surface area (TPSA) is 17.1 Å². The quantitative estimate of drug-likeness (QED) is 0.231. The third-order valence-corrected chi connectivity index (χ3v) is 5.73. The van der Waals surface area contributed by atoms with Crippen LogP contribution in [-0.4, -0.2) is 6.29 Å². The van der Waals surface area contributed by atoms with E-state index in [1.807, 2.05) is 17.4 Å². The van der Waals surface area contributed by atoms with Crippen LogP contribution < -0.4 is 0 Å². The van der Waals surface area contributed by atoms with Crippen molar-refractivity contribution >= 4 is 29.8 Å². The van der Waals surface area contributed by atoms with Crippen LogP contribution in [0.15, 0.2) is 11.6 Å². The van der Waals surface area contributed by atoms with Gasteiger partial charge in [0, 0.05) is 9.75 Å². The van der Waals surface area contributed by atoms with Gasteiger partial charge in [0.05, 0.1) is 0 Å². The maximum Gasteiger partial charge on any atom is 0.142 e. The Morgan fingerprint density at radius 3 is 2.29 bits per heavy atom. The molecule has 1 aromatic rings. The first-order valence-corrected chi connectivity index (χ1v) is 10.2. The molecule has 2 heteroatoms. The molecule has 1 aromatic heterocycles. The Morgan fingerprint density at radius 1 is 1.04 bits per heavy atom. The molecule has 0 unspecified atom stereocenters. The lowest BCUT2D eigenvalue weighted by molar-refractivity contribution is -0.104. The molecule has 0 spiro atoms. The number of aryl methyl sites for hydroxylation is 1. The number of rotatable bonds is 11. The maximum atomic E-state index is 10.8. The fraction of sp³-hybridized carbons (Fsp3) is 0.591. The van der Waals surface area contributed by atoms with Crippen LogP contribution in [0.3, 0.4) is 0 Å². The number of aldehydes is 1. The molecule has 1 nitrogen and oxygen atoms in total. The van der Waals surface area contributed by atoms with E-state index in [2.05, 4.69) is 40.7 Å². The van der Waals surface area contributed by atoms with Gasteiger partial charge in [-0.05, 0) is 49.8 Å². The molecule has 0 saturated heterocycles. The molecule has 24 heavy (non-hydrogen) atoms. The first kappa shape index (κ1) is 20.9. The summed E-state index contributed by atoms with van der Waals surface area (Å²) in [4.78, 5) is 13.7. The predicted molar refractivity (Wildman–Crippen MR) is 110 cm³/mol. The van der Waals surface area contributed by atoms with E-state index in [9.17, 15) is 4.79 Å². The van der Waals surface area contributed by atoms with Crippen LogP contribution in [0.5, 0.6) is 0 Å². The summed E-state index contributed by atoms with van der Waals surface area (Å²) in [6, 6.07) is 0. The first-order chi connectivity index (χ1) is 11.5. The van der Waals surface area contributed by atoms with Crippen molar-refractivity contribution in [1.82, 2.24) is 0 Å². The van der Waals surface area contributed by atoms with Gasteiger partial charge in [0.2, 0.25) is 0 Å². The Morgan fingerprint density at radius 2 is 1.71 bits per heavy atom. The highest BCUT2D eigenvalue weighted by Crippen LogP contribution is 2.37. The van der Waals surface area contributed by atoms with Crippen LogP contribution in [0.1, 0.15) is 99.9 Å². The summed E-state index contributed by atoms with van der Waals surface area (Å²) in [6.45, 7) is 11.0. The molecule has 1 rings (SSSR count). The van der Waals surface area contributed by atoms with Crippen molar-refractivity contribution in [3.63, 3.8) is 0 Å². The Balaban J connectivity index is 2.98. The normalized spacial score (nSPS) is 11.4. The van der Waals surface area contributed by atoms with Gasteiger partial charge >= 0.3 is 0 Å². The average Bonchev–Trinajstić information content (AvgIpc) is 2.86. The number of unbranched alkanes of at least 4 members (excludes halogenated alkanes) is 5. The predicted octanol–water partition coefficient (Wildman–Crippen LogP) is 7.41. The number of thiophene rings is 1. The van der Waals surface area contributed by atoms with Crippen molar-refractivity contribution in [3.05, 3.63) is 32.5 Å². The van der Waals surface area contributed by atoms with Crippen molar-refractivity contribution < 1.29 is 4.79 Å². The second-order valence-corrected chi connectivity index (χ2v) is 8.24. The second kappa shape index (κ2) is 11.4. The van der Waals surface area contributed by atoms with E-state index in [1.54, 1.807) is 6.08 Å². The molecule has 0 aliphatic rings. The highest BCUT2D eigenvalue weighted by atomic mass is 32.1. The number of carbonyl (C=O) groups is 1. The van der Waals surface area contributed by atoms with Gasteiger partial charge < -0.3 is 0 Å². The van der Waals surface area contributed by atoms with Crippen molar-refractivity contribution in [2.24, 2.45) is 0 Å². The third kappa shape index (κ3) is 6.76. The van der Waals surface area contributed by atoms with Crippen molar-refractivity contribution in [2.45, 2.75) is 85.5 Å². The highest BCUT2D eigenvalue weighted by molar-refractivity contribution is 7.12. The zero-order valence-corrected chi connectivity index (χ0v) is 17.0. The zero-order chi connectivity index (χ0) is 17.9. The molecule has 0 radical (unpaired) electrons. The molecule has 0 aromatic carbocycles. The molecular weight excluding hydrogens is 312 g/mol. The maximum absolute atomic E-state index is 10.8. The Bertz CT molecular complexity index is 557. The number of hydrogen-bond donors (Lipinski definition) is 0. The largest absolute Gasteiger partial charge is 0.299 e. The Kier molecular flexibility index (Phi) is 9.94. The van der Waals surface area contributed by atoms with Crippen LogP contribution in [0.4, 0.5) is 0 Å². The second-order valence-electron chi connectivity index (χ2n) is 7.11. The minimum Gasteiger partial charge on any atom is -0.299 e. The average molecular weight is 347 g/mol. The van der Waals surface area contributed by atoms with E-state index in [-0.39, 0.29) is 0 Å². The van der Waals surface area contributed by atoms with E-state index in [0.29, 0.717) is 5.92 Å². The lowest BCUT2D eigenvalue weighted by atomic mass is 9.99. The summed E-state index contributed by atoms with van der Waals surface area (Å²) >= 11 is 1.94. The van der Waals surface area contributed by atoms with Gasteiger partial charge in [0.25, 0.3) is 0 Å². The fourth-order valence-electron chi connectivity index (χ4n) is 2.96. The van der Waals surface area contributed by atoms with Crippen LogP contribution in [0, 0.1) is 0 Å². The monoisotopic (exact) mass is 346 g/mol. The molecular formula is C22H34OS. The van der Waals surface area contributed by atoms with E-state index < -0.39 is 0 Å². The van der Waals surface area contributed by atoms with Crippen molar-refractivity contribution in [3.8, 4) is 0 Å². The van der Waals surface area contributed by atoms with Gasteiger partial charge in [-0.25, -0.2) is 0 Å². The summed E-state index contributed by atoms with van der Waals surface area (Å²) in [5.74, 6) is 0.490. The molecule has 0 fully saturated rings. The fourth-order valence-corrected chi connectivity index (χ4v) is 4.27. The lowest BCUT2D eigenvalue weighted by Gasteiger charge is -2.05. The molecule has 0 aliphatic heterocycles. The van der Waals surface area contributed by atoms with Gasteiger partial charge in [-0.15, -0.1) is 11.3 Å². The summed E-state index contributed by atoms with van der Waals surface area (Å²) in [5.41, 5.74) is 3.91. The lowest BCUT2D eigenvalue weighted by Crippen LogP contribution is -1.89. The minimum atomic E-state index is 0.490. The van der Waals surface area contributed by atoms with Crippen LogP contribution in [0.2, 0.25) is 0 Å². The van der Waals surface area contributed by atoms with E-state index in [0.717, 1.165) is 12.7 Å². The summed E-state index contributed by atoms with van der Waals surface area (Å²) in [6.07, 6.45) is 15.9. The molecule has 0 saturated carbocycles. The SMILES string of the molecule is CCCCCCCCc1sc(C(C)C)c(/C=C/C=O)c1C=C(C)C. The third-order valence-electron chi connectivity index (χ3n) is 4.15. The molecule has 0 bridgehead atoms. The van der Waals surface area contributed by atoms with Gasteiger partial charge in [0.15, 0.2) is 0 Å². The standard InChI is InChI=1S/C22H34OS/c1-6-7-8-9-10-11-14-21-20(16-17(2)3)19(13-12-15-23)22(24-21)18(4)5/h12-13,15-16,18H,6-11,14H2,1-5H3/b13-12+. The zero-order valence-electron chi connectivity index (χ0n) is 16.2. The van der Waals surface area contributed by atoms with Crippen molar-refractivity contribution in [2.75, 3.05) is 0 Å². The number of allylic oxidation sites excluding steroid dienone is 2. The smallest absolute Gasteiger partial charge is 0.142 e. The van der Waals surface area contributed by atoms with E-state index >= 15 is 0 Å². The Hall–Kier alpha value is -1.15. The molecule has 0 N–H and O–H groups in total. The van der Waals surface area contributed by atoms with Gasteiger partial charge in [-0.1, -0.05) is 70.6 Å². The summed E-state index contributed by atoms with van der Waals surface area (Å²) in [5, 5.41) is 0. The Labute approximate surface area is 152 Å². The van der Waals surface area contributed by atoms with Gasteiger partial charge in [-0.2, -0.15) is 0 Å². The van der Waals surface area contributed by atoms with Crippen molar-refractivity contribution in [1.29, 1.82) is 0 Å². The van der Waals surface area contributed by atoms with Crippen LogP contribution in [-0.2, 0) is 11.2 Å². The van der Waals surface area contributed by atoms with Crippen LogP contribution in [0.25, 0.3) is 12.2 Å². The molecule has 1 heterocycles. The summed E-state index contributed by atoms with van der Waals surface area (Å²) < 4.78 is 0. The van der Waals surface area contributed by atoms with Gasteiger partial charge in [0.1, 0.15) is 6.29 Å². The van der Waals surface area contributed by atoms with E-state index in [4.69, 9.17) is 0 Å². The van der Waals surface area contributed by atoms with Crippen LogP contribution >= 0.6 is 11.3 Å². The number of hydrogen-bond acceptors (Lipinski definition) is 2. The molecule has 134 valence electrons. The molecule has 0 aliphatic carbocycles. The highest BCUT2D eigenvalue weighted by Gasteiger charge is 2.16. The van der Waals surface area contributed by atoms with E-state index in [1.165, 1.54) is 65.0 Å². The first-order valence-electron chi connectivity index (χ1n) is 9.43. The van der Waals surface area contributed by atoms with Gasteiger partial charge in [-0.3, -0.25) is 4.79 Å². The number of carbonyl (C=O) groups excluding carboxylic acids is 1. The summed E-state index contributed by atoms with van der Waals surface area (Å²) in [7, 11) is 0. The minimum absolute atomic E-state index is 0.490. The molecule has 0 amide bonds.